The average molecular weight is 222 g/mol. The van der Waals surface area contributed by atoms with Crippen LogP contribution in [0.15, 0.2) is 21.5 Å². The van der Waals surface area contributed by atoms with E-state index in [4.69, 9.17) is 11.6 Å². The molecular weight excluding hydrogens is 217 g/mol. The molecule has 1 aromatic heterocycles. The van der Waals surface area contributed by atoms with Crippen molar-refractivity contribution in [2.24, 2.45) is 7.05 Å². The van der Waals surface area contributed by atoms with Gasteiger partial charge in [-0.2, -0.15) is 0 Å². The van der Waals surface area contributed by atoms with Crippen LogP contribution in [0.4, 0.5) is 0 Å². The fourth-order valence-corrected chi connectivity index (χ4v) is 1.14. The summed E-state index contributed by atoms with van der Waals surface area (Å²) < 4.78 is 2.19. The molecule has 0 spiro atoms. The molecule has 0 aliphatic carbocycles. The number of aromatic nitrogens is 1. The Bertz CT molecular complexity index is 307. The smallest absolute Gasteiger partial charge is 0.251 e. The van der Waals surface area contributed by atoms with Crippen LogP contribution in [0.3, 0.4) is 0 Å². The van der Waals surface area contributed by atoms with E-state index in [0.717, 1.165) is 4.47 Å². The Morgan fingerprint density at radius 2 is 2.30 bits per heavy atom. The third kappa shape index (κ3) is 1.41. The van der Waals surface area contributed by atoms with E-state index in [0.29, 0.717) is 5.02 Å². The summed E-state index contributed by atoms with van der Waals surface area (Å²) >= 11 is 8.81. The highest BCUT2D eigenvalue weighted by Crippen LogP contribution is 2.18. The van der Waals surface area contributed by atoms with Gasteiger partial charge in [0.05, 0.1) is 9.50 Å². The molecule has 0 fully saturated rings. The Kier molecular flexibility index (Phi) is 2.16. The van der Waals surface area contributed by atoms with Crippen LogP contribution >= 0.6 is 27.5 Å². The van der Waals surface area contributed by atoms with Crippen LogP contribution in [0.1, 0.15) is 0 Å². The summed E-state index contributed by atoms with van der Waals surface area (Å²) in [4.78, 5) is 10.8. The van der Waals surface area contributed by atoms with Crippen molar-refractivity contribution < 1.29 is 0 Å². The minimum absolute atomic E-state index is 0.104. The molecule has 0 atom stereocenters. The van der Waals surface area contributed by atoms with Gasteiger partial charge in [0.25, 0.3) is 5.56 Å². The first-order valence-corrected chi connectivity index (χ1v) is 3.80. The van der Waals surface area contributed by atoms with Crippen molar-refractivity contribution in [1.29, 1.82) is 0 Å². The number of halogens is 2. The molecule has 0 aliphatic rings. The van der Waals surface area contributed by atoms with Gasteiger partial charge in [-0.05, 0) is 15.9 Å². The van der Waals surface area contributed by atoms with Crippen LogP contribution in [0.25, 0.3) is 0 Å². The lowest BCUT2D eigenvalue weighted by Gasteiger charge is -1.97. The Morgan fingerprint density at radius 1 is 1.70 bits per heavy atom. The Labute approximate surface area is 71.6 Å². The van der Waals surface area contributed by atoms with Crippen molar-refractivity contribution in [1.82, 2.24) is 4.57 Å². The van der Waals surface area contributed by atoms with E-state index in [1.54, 1.807) is 13.2 Å². The Hall–Kier alpha value is -0.280. The lowest BCUT2D eigenvalue weighted by Crippen LogP contribution is -2.14. The summed E-state index contributed by atoms with van der Waals surface area (Å²) in [6.45, 7) is 0. The van der Waals surface area contributed by atoms with E-state index < -0.39 is 0 Å². The zero-order valence-corrected chi connectivity index (χ0v) is 7.61. The van der Waals surface area contributed by atoms with Crippen LogP contribution in [-0.4, -0.2) is 4.57 Å². The van der Waals surface area contributed by atoms with Crippen LogP contribution in [0.2, 0.25) is 5.02 Å². The molecule has 0 aliphatic heterocycles. The third-order valence-corrected chi connectivity index (χ3v) is 2.31. The summed E-state index contributed by atoms with van der Waals surface area (Å²) in [6, 6.07) is 1.37. The largest absolute Gasteiger partial charge is 0.317 e. The van der Waals surface area contributed by atoms with Gasteiger partial charge < -0.3 is 4.57 Å². The molecule has 2 nitrogen and oxygen atoms in total. The second-order valence-electron chi connectivity index (χ2n) is 1.92. The Morgan fingerprint density at radius 3 is 2.80 bits per heavy atom. The van der Waals surface area contributed by atoms with Crippen LogP contribution in [0, 0.1) is 0 Å². The van der Waals surface area contributed by atoms with E-state index in [2.05, 4.69) is 15.9 Å². The third-order valence-electron chi connectivity index (χ3n) is 1.13. The van der Waals surface area contributed by atoms with E-state index in [1.807, 2.05) is 0 Å². The highest BCUT2D eigenvalue weighted by molar-refractivity contribution is 9.10. The zero-order chi connectivity index (χ0) is 7.72. The molecule has 0 amide bonds. The average Bonchev–Trinajstić information content (AvgIpc) is 1.84. The molecule has 10 heavy (non-hydrogen) atoms. The molecular formula is C6H5BrClNO. The summed E-state index contributed by atoms with van der Waals surface area (Å²) in [5.41, 5.74) is -0.104. The molecule has 1 rings (SSSR count). The van der Waals surface area contributed by atoms with Gasteiger partial charge in [-0.3, -0.25) is 4.79 Å². The fraction of sp³-hybridized carbons (Fsp3) is 0.167. The predicted molar refractivity (Wildman–Crippen MR) is 44.4 cm³/mol. The number of aryl methyl sites for hydroxylation is 1. The first-order valence-electron chi connectivity index (χ1n) is 2.63. The van der Waals surface area contributed by atoms with Gasteiger partial charge in [0, 0.05) is 19.3 Å². The standard InChI is InChI=1S/C6H5BrClNO/c1-9-3-4(7)5(8)2-6(9)10/h2-3H,1H3. The molecule has 0 radical (unpaired) electrons. The van der Waals surface area contributed by atoms with E-state index in [1.165, 1.54) is 10.6 Å². The number of rotatable bonds is 0. The molecule has 1 aromatic rings. The molecule has 54 valence electrons. The lowest BCUT2D eigenvalue weighted by molar-refractivity contribution is 0.856. The van der Waals surface area contributed by atoms with Gasteiger partial charge >= 0.3 is 0 Å². The van der Waals surface area contributed by atoms with Crippen molar-refractivity contribution in [3.05, 3.63) is 32.1 Å². The van der Waals surface area contributed by atoms with E-state index in [-0.39, 0.29) is 5.56 Å². The maximum absolute atomic E-state index is 10.8. The molecule has 0 saturated carbocycles. The van der Waals surface area contributed by atoms with Crippen LogP contribution in [-0.2, 0) is 7.05 Å². The first kappa shape index (κ1) is 7.82. The number of hydrogen-bond donors (Lipinski definition) is 0. The molecule has 0 N–H and O–H groups in total. The van der Waals surface area contributed by atoms with Crippen molar-refractivity contribution in [3.8, 4) is 0 Å². The second-order valence-corrected chi connectivity index (χ2v) is 3.18. The maximum Gasteiger partial charge on any atom is 0.251 e. The normalized spacial score (nSPS) is 9.90. The fourth-order valence-electron chi connectivity index (χ4n) is 0.574. The summed E-state index contributed by atoms with van der Waals surface area (Å²) in [5, 5.41) is 0.447. The van der Waals surface area contributed by atoms with Crippen molar-refractivity contribution in [2.75, 3.05) is 0 Å². The second kappa shape index (κ2) is 2.76. The minimum Gasteiger partial charge on any atom is -0.317 e. The van der Waals surface area contributed by atoms with Crippen LogP contribution in [0.5, 0.6) is 0 Å². The molecule has 0 saturated heterocycles. The lowest BCUT2D eigenvalue weighted by atomic mass is 10.5. The number of pyridine rings is 1. The van der Waals surface area contributed by atoms with Gasteiger partial charge in [-0.1, -0.05) is 11.6 Å². The highest BCUT2D eigenvalue weighted by Gasteiger charge is 1.97. The predicted octanol–water partition coefficient (Wildman–Crippen LogP) is 1.80. The monoisotopic (exact) mass is 221 g/mol. The van der Waals surface area contributed by atoms with Crippen molar-refractivity contribution in [2.45, 2.75) is 0 Å². The maximum atomic E-state index is 10.8. The quantitative estimate of drug-likeness (QED) is 0.656. The van der Waals surface area contributed by atoms with Crippen LogP contribution < -0.4 is 5.56 Å². The van der Waals surface area contributed by atoms with Gasteiger partial charge in [0.1, 0.15) is 0 Å². The van der Waals surface area contributed by atoms with Crippen molar-refractivity contribution in [3.63, 3.8) is 0 Å². The van der Waals surface area contributed by atoms with E-state index in [9.17, 15) is 4.79 Å². The van der Waals surface area contributed by atoms with Gasteiger partial charge in [0.15, 0.2) is 0 Å². The highest BCUT2D eigenvalue weighted by atomic mass is 79.9. The van der Waals surface area contributed by atoms with Crippen molar-refractivity contribution >= 4 is 27.5 Å². The summed E-state index contributed by atoms with van der Waals surface area (Å²) in [5.74, 6) is 0. The SMILES string of the molecule is Cn1cc(Br)c(Cl)cc1=O. The first-order chi connectivity index (χ1) is 4.61. The molecule has 1 heterocycles. The van der Waals surface area contributed by atoms with Gasteiger partial charge in [-0.15, -0.1) is 0 Å². The minimum atomic E-state index is -0.104. The number of hydrogen-bond acceptors (Lipinski definition) is 1. The molecule has 4 heteroatoms. The molecule has 0 bridgehead atoms. The number of nitrogens with zero attached hydrogens (tertiary/aromatic N) is 1. The topological polar surface area (TPSA) is 22.0 Å². The molecule has 0 unspecified atom stereocenters. The molecule has 0 aromatic carbocycles. The zero-order valence-electron chi connectivity index (χ0n) is 5.27. The van der Waals surface area contributed by atoms with Gasteiger partial charge in [0.2, 0.25) is 0 Å². The summed E-state index contributed by atoms with van der Waals surface area (Å²) in [7, 11) is 1.67. The summed E-state index contributed by atoms with van der Waals surface area (Å²) in [6.07, 6.45) is 1.63. The van der Waals surface area contributed by atoms with E-state index >= 15 is 0 Å². The Balaban J connectivity index is 3.43. The van der Waals surface area contributed by atoms with Gasteiger partial charge in [-0.25, -0.2) is 0 Å².